The summed E-state index contributed by atoms with van der Waals surface area (Å²) >= 11 is 0. The third kappa shape index (κ3) is 37.0. The molecule has 302 valence electrons. The Kier molecular flexibility index (Phi) is 40.6. The average molecular weight is 720 g/mol. The molecule has 0 spiro atoms. The highest BCUT2D eigenvalue weighted by Gasteiger charge is 2.22. The quantitative estimate of drug-likeness (QED) is 0.0374. The van der Waals surface area contributed by atoms with Gasteiger partial charge in [-0.25, -0.2) is 0 Å². The van der Waals surface area contributed by atoms with Crippen LogP contribution >= 0.6 is 0 Å². The lowest BCUT2D eigenvalue weighted by molar-refractivity contribution is -0.131. The van der Waals surface area contributed by atoms with Gasteiger partial charge in [0.2, 0.25) is 5.91 Å². The zero-order chi connectivity index (χ0) is 37.3. The van der Waals surface area contributed by atoms with Crippen LogP contribution in [-0.2, 0) is 4.79 Å². The number of amides is 1. The largest absolute Gasteiger partial charge is 0.394 e. The summed E-state index contributed by atoms with van der Waals surface area (Å²) in [4.78, 5) is 12.4. The maximum Gasteiger partial charge on any atom is 0.249 e. The Morgan fingerprint density at radius 1 is 0.471 bits per heavy atom. The zero-order valence-corrected chi connectivity index (χ0v) is 34.2. The highest BCUT2D eigenvalue weighted by Crippen LogP contribution is 2.17. The number of aliphatic hydroxyl groups excluding tert-OH is 3. The first-order chi connectivity index (χ1) is 25.1. The molecular formula is C46H89NO4. The van der Waals surface area contributed by atoms with Gasteiger partial charge in [0, 0.05) is 0 Å². The van der Waals surface area contributed by atoms with Crippen molar-refractivity contribution in [2.24, 2.45) is 0 Å². The van der Waals surface area contributed by atoms with Crippen molar-refractivity contribution in [3.63, 3.8) is 0 Å². The van der Waals surface area contributed by atoms with Gasteiger partial charge in [-0.3, -0.25) is 4.79 Å². The van der Waals surface area contributed by atoms with Crippen LogP contribution in [0.5, 0.6) is 0 Å². The standard InChI is InChI=1S/C46H89NO4/c1-3-5-7-9-11-13-14-15-16-17-18-19-20-21-22-23-24-25-26-27-28-29-30-31-33-35-37-39-41-45(50)46(51)47-43(42-48)44(49)40-38-36-34-32-12-10-8-6-4-2/h12,32,38,40,43-45,48-50H,3-11,13-31,33-37,39,41-42H2,1-2H3,(H,47,51)/b32-12+,40-38+. The van der Waals surface area contributed by atoms with E-state index in [4.69, 9.17) is 0 Å². The topological polar surface area (TPSA) is 89.8 Å². The molecule has 0 aliphatic rings. The molecule has 0 aliphatic carbocycles. The van der Waals surface area contributed by atoms with Gasteiger partial charge in [0.1, 0.15) is 6.10 Å². The van der Waals surface area contributed by atoms with E-state index in [1.165, 1.54) is 180 Å². The molecule has 0 aromatic rings. The summed E-state index contributed by atoms with van der Waals surface area (Å²) in [7, 11) is 0. The lowest BCUT2D eigenvalue weighted by Crippen LogP contribution is -2.48. The molecule has 51 heavy (non-hydrogen) atoms. The molecule has 0 saturated heterocycles. The highest BCUT2D eigenvalue weighted by molar-refractivity contribution is 5.80. The van der Waals surface area contributed by atoms with Crippen LogP contribution in [0.4, 0.5) is 0 Å². The number of rotatable bonds is 41. The van der Waals surface area contributed by atoms with Gasteiger partial charge in [-0.2, -0.15) is 0 Å². The van der Waals surface area contributed by atoms with Crippen molar-refractivity contribution in [1.29, 1.82) is 0 Å². The summed E-state index contributed by atoms with van der Waals surface area (Å²) in [5, 5.41) is 32.9. The third-order valence-corrected chi connectivity index (χ3v) is 10.5. The maximum atomic E-state index is 12.4. The van der Waals surface area contributed by atoms with Crippen molar-refractivity contribution in [1.82, 2.24) is 5.32 Å². The number of aliphatic hydroxyl groups is 3. The molecule has 0 saturated carbocycles. The molecule has 0 aliphatic heterocycles. The fourth-order valence-electron chi connectivity index (χ4n) is 6.97. The van der Waals surface area contributed by atoms with Crippen LogP contribution in [0.3, 0.4) is 0 Å². The van der Waals surface area contributed by atoms with Crippen molar-refractivity contribution < 1.29 is 20.1 Å². The molecule has 0 radical (unpaired) electrons. The number of allylic oxidation sites excluding steroid dienone is 3. The fraction of sp³-hybridized carbons (Fsp3) is 0.891. The van der Waals surface area contributed by atoms with E-state index < -0.39 is 24.2 Å². The van der Waals surface area contributed by atoms with E-state index >= 15 is 0 Å². The van der Waals surface area contributed by atoms with Gasteiger partial charge in [-0.05, 0) is 32.1 Å². The van der Waals surface area contributed by atoms with Crippen molar-refractivity contribution in [3.05, 3.63) is 24.3 Å². The van der Waals surface area contributed by atoms with Gasteiger partial charge < -0.3 is 20.6 Å². The minimum atomic E-state index is -1.10. The summed E-state index contributed by atoms with van der Waals surface area (Å²) in [5.41, 5.74) is 0. The Balaban J connectivity index is 3.50. The smallest absolute Gasteiger partial charge is 0.249 e. The molecule has 5 heteroatoms. The van der Waals surface area contributed by atoms with Crippen LogP contribution in [0, 0.1) is 0 Å². The van der Waals surface area contributed by atoms with Gasteiger partial charge in [-0.1, -0.05) is 231 Å². The summed E-state index contributed by atoms with van der Waals surface area (Å²) in [5.74, 6) is -0.512. The van der Waals surface area contributed by atoms with Crippen LogP contribution in [-0.4, -0.2) is 46.1 Å². The predicted molar refractivity (Wildman–Crippen MR) is 222 cm³/mol. The number of carbonyl (C=O) groups is 1. The predicted octanol–water partition coefficient (Wildman–Crippen LogP) is 13.0. The van der Waals surface area contributed by atoms with Gasteiger partial charge in [0.05, 0.1) is 18.8 Å². The van der Waals surface area contributed by atoms with Crippen LogP contribution in [0.1, 0.15) is 239 Å². The van der Waals surface area contributed by atoms with E-state index in [2.05, 4.69) is 31.3 Å². The molecular weight excluding hydrogens is 631 g/mol. The van der Waals surface area contributed by atoms with E-state index in [-0.39, 0.29) is 6.61 Å². The van der Waals surface area contributed by atoms with Gasteiger partial charge in [-0.15, -0.1) is 0 Å². The minimum Gasteiger partial charge on any atom is -0.394 e. The molecule has 0 heterocycles. The molecule has 3 unspecified atom stereocenters. The first kappa shape index (κ1) is 49.8. The minimum absolute atomic E-state index is 0.374. The Morgan fingerprint density at radius 3 is 1.20 bits per heavy atom. The first-order valence-corrected chi connectivity index (χ1v) is 22.7. The van der Waals surface area contributed by atoms with Crippen LogP contribution in [0.2, 0.25) is 0 Å². The second-order valence-corrected chi connectivity index (χ2v) is 15.6. The van der Waals surface area contributed by atoms with Gasteiger partial charge >= 0.3 is 0 Å². The zero-order valence-electron chi connectivity index (χ0n) is 34.2. The summed E-state index contributed by atoms with van der Waals surface area (Å²) in [6.45, 7) is 4.12. The summed E-state index contributed by atoms with van der Waals surface area (Å²) in [6.07, 6.45) is 51.0. The number of unbranched alkanes of at least 4 members (excludes halogenated alkanes) is 31. The molecule has 4 N–H and O–H groups in total. The van der Waals surface area contributed by atoms with Gasteiger partial charge in [0.15, 0.2) is 0 Å². The SMILES string of the molecule is CCCCC/C=C/CC/C=C/C(O)C(CO)NC(=O)C(O)CCCCCCCCCCCCCCCCCCCCCCCCCCCCCC. The van der Waals surface area contributed by atoms with E-state index in [9.17, 15) is 20.1 Å². The van der Waals surface area contributed by atoms with Gasteiger partial charge in [0.25, 0.3) is 0 Å². The Labute approximate surface area is 318 Å². The van der Waals surface area contributed by atoms with Crippen LogP contribution < -0.4 is 5.32 Å². The summed E-state index contributed by atoms with van der Waals surface area (Å²) in [6, 6.07) is -0.809. The molecule has 1 amide bonds. The number of hydrogen-bond acceptors (Lipinski definition) is 4. The fourth-order valence-corrected chi connectivity index (χ4v) is 6.97. The van der Waals surface area contributed by atoms with E-state index in [0.717, 1.165) is 38.5 Å². The lowest BCUT2D eigenvalue weighted by atomic mass is 10.0. The third-order valence-electron chi connectivity index (χ3n) is 10.5. The van der Waals surface area contributed by atoms with E-state index in [1.807, 2.05) is 6.08 Å². The van der Waals surface area contributed by atoms with Crippen molar-refractivity contribution in [3.8, 4) is 0 Å². The number of hydrogen-bond donors (Lipinski definition) is 4. The summed E-state index contributed by atoms with van der Waals surface area (Å²) < 4.78 is 0. The number of carbonyl (C=O) groups excluding carboxylic acids is 1. The van der Waals surface area contributed by atoms with E-state index in [0.29, 0.717) is 6.42 Å². The monoisotopic (exact) mass is 720 g/mol. The molecule has 5 nitrogen and oxygen atoms in total. The highest BCUT2D eigenvalue weighted by atomic mass is 16.3. The molecule has 0 fully saturated rings. The van der Waals surface area contributed by atoms with Crippen LogP contribution in [0.15, 0.2) is 24.3 Å². The van der Waals surface area contributed by atoms with Crippen molar-refractivity contribution in [2.75, 3.05) is 6.61 Å². The van der Waals surface area contributed by atoms with Crippen molar-refractivity contribution in [2.45, 2.75) is 257 Å². The Hall–Kier alpha value is -1.17. The van der Waals surface area contributed by atoms with Crippen molar-refractivity contribution >= 4 is 5.91 Å². The molecule has 0 aromatic carbocycles. The molecule has 0 aromatic heterocycles. The maximum absolute atomic E-state index is 12.4. The number of nitrogens with one attached hydrogen (secondary N) is 1. The van der Waals surface area contributed by atoms with E-state index in [1.54, 1.807) is 6.08 Å². The average Bonchev–Trinajstić information content (AvgIpc) is 3.13. The lowest BCUT2D eigenvalue weighted by Gasteiger charge is -2.21. The second kappa shape index (κ2) is 41.6. The Bertz CT molecular complexity index is 754. The molecule has 3 atom stereocenters. The first-order valence-electron chi connectivity index (χ1n) is 22.7. The molecule has 0 rings (SSSR count). The molecule has 0 bridgehead atoms. The van der Waals surface area contributed by atoms with Crippen LogP contribution in [0.25, 0.3) is 0 Å². The Morgan fingerprint density at radius 2 is 0.804 bits per heavy atom. The normalized spacial score (nSPS) is 13.7. The second-order valence-electron chi connectivity index (χ2n) is 15.6.